The van der Waals surface area contributed by atoms with Crippen LogP contribution >= 0.6 is 0 Å². The summed E-state index contributed by atoms with van der Waals surface area (Å²) in [5.41, 5.74) is 8.14. The Morgan fingerprint density at radius 2 is 1.17 bits per heavy atom. The summed E-state index contributed by atoms with van der Waals surface area (Å²) < 4.78 is 0. The van der Waals surface area contributed by atoms with Gasteiger partial charge in [0.15, 0.2) is 0 Å². The molecule has 0 unspecified atom stereocenters. The number of azide groups is 1. The van der Waals surface area contributed by atoms with Gasteiger partial charge in [-0.25, -0.2) is 0 Å². The molecule has 0 saturated carbocycles. The topological polar surface area (TPSA) is 48.8 Å². The summed E-state index contributed by atoms with van der Waals surface area (Å²) in [6.45, 7) is 2.86. The second-order valence-electron chi connectivity index (χ2n) is 5.54. The fraction of sp³-hybridized carbons (Fsp3) is 0.600. The number of unbranched alkanes of at least 4 members (excludes halogenated alkanes) is 5. The summed E-state index contributed by atoms with van der Waals surface area (Å²) in [6, 6.07) is 0. The Hall–Kier alpha value is -1.73. The maximum Gasteiger partial charge on any atom is 0.0258 e. The van der Waals surface area contributed by atoms with Crippen LogP contribution < -0.4 is 0 Å². The van der Waals surface area contributed by atoms with Gasteiger partial charge in [0, 0.05) is 11.5 Å². The molecule has 0 aromatic heterocycles. The molecule has 128 valence electrons. The Kier molecular flexibility index (Phi) is 18.7. The smallest absolute Gasteiger partial charge is 0.0258 e. The zero-order chi connectivity index (χ0) is 16.8. The van der Waals surface area contributed by atoms with Crippen molar-refractivity contribution in [1.29, 1.82) is 0 Å². The molecule has 3 heteroatoms. The fourth-order valence-corrected chi connectivity index (χ4v) is 2.05. The van der Waals surface area contributed by atoms with E-state index >= 15 is 0 Å². The molecule has 0 aliphatic carbocycles. The molecule has 3 nitrogen and oxygen atoms in total. The van der Waals surface area contributed by atoms with Crippen LogP contribution in [-0.4, -0.2) is 6.54 Å². The highest BCUT2D eigenvalue weighted by atomic mass is 15.1. The van der Waals surface area contributed by atoms with E-state index in [9.17, 15) is 0 Å². The SMILES string of the molecule is CCCCCC=CCC=CCC=CCC=CCCCCN=[N+]=[N-]. The Bertz CT molecular complexity index is 399. The van der Waals surface area contributed by atoms with Crippen molar-refractivity contribution in [3.63, 3.8) is 0 Å². The first-order chi connectivity index (χ1) is 11.4. The highest BCUT2D eigenvalue weighted by Crippen LogP contribution is 2.01. The van der Waals surface area contributed by atoms with Gasteiger partial charge in [-0.3, -0.25) is 0 Å². The molecule has 0 aliphatic heterocycles. The quantitative estimate of drug-likeness (QED) is 0.0990. The third kappa shape index (κ3) is 20.3. The van der Waals surface area contributed by atoms with Crippen LogP contribution in [0.5, 0.6) is 0 Å². The molecule has 0 aromatic carbocycles. The van der Waals surface area contributed by atoms with Crippen LogP contribution in [0.25, 0.3) is 10.4 Å². The molecule has 0 rings (SSSR count). The molecule has 0 atom stereocenters. The molecular formula is C20H33N3. The normalized spacial score (nSPS) is 12.0. The van der Waals surface area contributed by atoms with Crippen molar-refractivity contribution in [1.82, 2.24) is 0 Å². The third-order valence-electron chi connectivity index (χ3n) is 3.40. The van der Waals surface area contributed by atoms with Gasteiger partial charge in [-0.2, -0.15) is 0 Å². The molecule has 0 heterocycles. The van der Waals surface area contributed by atoms with Crippen LogP contribution in [0, 0.1) is 0 Å². The molecule has 0 saturated heterocycles. The van der Waals surface area contributed by atoms with E-state index in [-0.39, 0.29) is 0 Å². The van der Waals surface area contributed by atoms with Crippen LogP contribution in [0.3, 0.4) is 0 Å². The van der Waals surface area contributed by atoms with Gasteiger partial charge in [-0.15, -0.1) is 0 Å². The molecule has 0 bridgehead atoms. The van der Waals surface area contributed by atoms with Gasteiger partial charge < -0.3 is 0 Å². The number of allylic oxidation sites excluding steroid dienone is 8. The summed E-state index contributed by atoms with van der Waals surface area (Å²) in [4.78, 5) is 2.74. The van der Waals surface area contributed by atoms with Crippen molar-refractivity contribution >= 4 is 0 Å². The summed E-state index contributed by atoms with van der Waals surface area (Å²) in [7, 11) is 0. The molecule has 0 radical (unpaired) electrons. The zero-order valence-electron chi connectivity index (χ0n) is 14.7. The minimum atomic E-state index is 0.616. The number of hydrogen-bond donors (Lipinski definition) is 0. The van der Waals surface area contributed by atoms with Crippen LogP contribution in [0.2, 0.25) is 0 Å². The molecule has 0 aliphatic rings. The zero-order valence-corrected chi connectivity index (χ0v) is 14.7. The molecular weight excluding hydrogens is 282 g/mol. The van der Waals surface area contributed by atoms with Crippen LogP contribution in [-0.2, 0) is 0 Å². The maximum atomic E-state index is 8.14. The van der Waals surface area contributed by atoms with Gasteiger partial charge in [0.25, 0.3) is 0 Å². The van der Waals surface area contributed by atoms with Crippen molar-refractivity contribution in [3.8, 4) is 0 Å². The van der Waals surface area contributed by atoms with E-state index in [1.165, 1.54) is 25.7 Å². The number of hydrogen-bond acceptors (Lipinski definition) is 1. The summed E-state index contributed by atoms with van der Waals surface area (Å²) >= 11 is 0. The summed E-state index contributed by atoms with van der Waals surface area (Å²) in [5, 5.41) is 3.52. The maximum absolute atomic E-state index is 8.14. The first-order valence-corrected chi connectivity index (χ1v) is 9.02. The Morgan fingerprint density at radius 1 is 0.696 bits per heavy atom. The second-order valence-corrected chi connectivity index (χ2v) is 5.54. The predicted octanol–water partition coefficient (Wildman–Crippen LogP) is 7.44. The minimum Gasteiger partial charge on any atom is -0.0940 e. The lowest BCUT2D eigenvalue weighted by Gasteiger charge is -1.91. The molecule has 0 aromatic rings. The third-order valence-corrected chi connectivity index (χ3v) is 3.40. The number of nitrogens with zero attached hydrogens (tertiary/aromatic N) is 3. The first kappa shape index (κ1) is 21.3. The van der Waals surface area contributed by atoms with E-state index in [4.69, 9.17) is 5.53 Å². The van der Waals surface area contributed by atoms with E-state index in [0.717, 1.165) is 38.5 Å². The van der Waals surface area contributed by atoms with E-state index < -0.39 is 0 Å². The second kappa shape index (κ2) is 20.3. The highest BCUT2D eigenvalue weighted by molar-refractivity contribution is 4.99. The van der Waals surface area contributed by atoms with Gasteiger partial charge in [-0.1, -0.05) is 73.5 Å². The monoisotopic (exact) mass is 315 g/mol. The first-order valence-electron chi connectivity index (χ1n) is 9.02. The predicted molar refractivity (Wildman–Crippen MR) is 102 cm³/mol. The van der Waals surface area contributed by atoms with Crippen LogP contribution in [0.4, 0.5) is 0 Å². The molecule has 0 N–H and O–H groups in total. The Balaban J connectivity index is 3.39. The molecule has 0 amide bonds. The van der Waals surface area contributed by atoms with E-state index in [1.807, 2.05) is 0 Å². The van der Waals surface area contributed by atoms with E-state index in [2.05, 4.69) is 65.6 Å². The largest absolute Gasteiger partial charge is 0.0940 e. The van der Waals surface area contributed by atoms with Gasteiger partial charge in [0.2, 0.25) is 0 Å². The minimum absolute atomic E-state index is 0.616. The lowest BCUT2D eigenvalue weighted by molar-refractivity contribution is 0.728. The summed E-state index contributed by atoms with van der Waals surface area (Å²) in [6.07, 6.45) is 29.2. The Morgan fingerprint density at radius 3 is 1.65 bits per heavy atom. The van der Waals surface area contributed by atoms with Gasteiger partial charge in [0.1, 0.15) is 0 Å². The molecule has 0 spiro atoms. The van der Waals surface area contributed by atoms with Gasteiger partial charge >= 0.3 is 0 Å². The van der Waals surface area contributed by atoms with Crippen molar-refractivity contribution in [3.05, 3.63) is 59.1 Å². The lowest BCUT2D eigenvalue weighted by Crippen LogP contribution is -1.77. The number of rotatable bonds is 15. The fourth-order valence-electron chi connectivity index (χ4n) is 2.05. The lowest BCUT2D eigenvalue weighted by atomic mass is 10.2. The van der Waals surface area contributed by atoms with Gasteiger partial charge in [-0.05, 0) is 56.9 Å². The van der Waals surface area contributed by atoms with E-state index in [0.29, 0.717) is 6.54 Å². The highest BCUT2D eigenvalue weighted by Gasteiger charge is 1.83. The van der Waals surface area contributed by atoms with Crippen molar-refractivity contribution in [2.45, 2.75) is 71.1 Å². The standard InChI is InChI=1S/C20H33N3/c1-2-3-4-5-6-7-8-9-10-11-12-13-14-15-16-17-18-19-20-22-23-21/h6-7,9-10,12-13,15-16H,2-5,8,11,14,17-20H2,1H3. The molecule has 0 fully saturated rings. The van der Waals surface area contributed by atoms with Crippen LogP contribution in [0.15, 0.2) is 53.7 Å². The van der Waals surface area contributed by atoms with Crippen molar-refractivity contribution in [2.75, 3.05) is 6.54 Å². The summed E-state index contributed by atoms with van der Waals surface area (Å²) in [5.74, 6) is 0. The molecule has 23 heavy (non-hydrogen) atoms. The van der Waals surface area contributed by atoms with E-state index in [1.54, 1.807) is 0 Å². The van der Waals surface area contributed by atoms with Crippen molar-refractivity contribution in [2.24, 2.45) is 5.11 Å². The van der Waals surface area contributed by atoms with Gasteiger partial charge in [0.05, 0.1) is 0 Å². The van der Waals surface area contributed by atoms with Crippen molar-refractivity contribution < 1.29 is 0 Å². The van der Waals surface area contributed by atoms with Crippen LogP contribution in [0.1, 0.15) is 71.1 Å². The average molecular weight is 316 g/mol. The Labute approximate surface area is 142 Å². The average Bonchev–Trinajstić information content (AvgIpc) is 2.57.